The standard InChI is InChI=1S/C22H36O5/c1-6-20(4)11-16(27-17(25)12-23)21(5)13(2)7-9-22(14(3)19(20)26)10-8-15(24)18(21)22/h13-14,16,18-19,23,26H,6-12H2,1-5H3/t13-,14+,16+,18-,19-,20-,21-,22-/m1/s1. The third kappa shape index (κ3) is 2.79. The molecule has 0 aromatic carbocycles. The van der Waals surface area contributed by atoms with Crippen LogP contribution in [0.5, 0.6) is 0 Å². The third-order valence-corrected chi connectivity index (χ3v) is 9.11. The SMILES string of the molecule is CC[C@]1(C)C[C@H](OC(=O)CO)[C@@]2(C)[C@H](C)CC[C@@]3(CCC(=O)[C@@H]32)[C@@H](C)[C@H]1O. The zero-order valence-corrected chi connectivity index (χ0v) is 17.5. The molecule has 0 amide bonds. The summed E-state index contributed by atoms with van der Waals surface area (Å²) in [7, 11) is 0. The highest BCUT2D eigenvalue weighted by Crippen LogP contribution is 2.68. The smallest absolute Gasteiger partial charge is 0.332 e. The van der Waals surface area contributed by atoms with Crippen LogP contribution in [0.25, 0.3) is 0 Å². The molecule has 5 heteroatoms. The summed E-state index contributed by atoms with van der Waals surface area (Å²) in [5.74, 6) is -0.320. The Balaban J connectivity index is 2.19. The number of Topliss-reactive ketones (excluding diaryl/α,β-unsaturated/α-hetero) is 1. The van der Waals surface area contributed by atoms with Crippen molar-refractivity contribution >= 4 is 11.8 Å². The van der Waals surface area contributed by atoms with Crippen LogP contribution < -0.4 is 0 Å². The number of carbonyl (C=O) groups is 2. The second-order valence-electron chi connectivity index (χ2n) is 10.0. The number of hydrogen-bond acceptors (Lipinski definition) is 5. The highest BCUT2D eigenvalue weighted by atomic mass is 16.6. The van der Waals surface area contributed by atoms with Gasteiger partial charge in [0.25, 0.3) is 0 Å². The van der Waals surface area contributed by atoms with Crippen LogP contribution in [0.1, 0.15) is 73.1 Å². The van der Waals surface area contributed by atoms with E-state index in [2.05, 4.69) is 34.6 Å². The van der Waals surface area contributed by atoms with E-state index >= 15 is 0 Å². The minimum absolute atomic E-state index is 0.0280. The molecule has 2 N–H and O–H groups in total. The van der Waals surface area contributed by atoms with Crippen LogP contribution in [0.2, 0.25) is 0 Å². The third-order valence-electron chi connectivity index (χ3n) is 9.11. The van der Waals surface area contributed by atoms with Crippen molar-refractivity contribution in [1.29, 1.82) is 0 Å². The first-order chi connectivity index (χ1) is 12.6. The predicted molar refractivity (Wildman–Crippen MR) is 102 cm³/mol. The summed E-state index contributed by atoms with van der Waals surface area (Å²) in [5, 5.41) is 20.7. The van der Waals surface area contributed by atoms with Crippen LogP contribution in [-0.2, 0) is 14.3 Å². The normalized spacial score (nSPS) is 49.9. The molecule has 0 aromatic rings. The average molecular weight is 381 g/mol. The summed E-state index contributed by atoms with van der Waals surface area (Å²) in [6, 6.07) is 0. The zero-order chi connectivity index (χ0) is 20.2. The fraction of sp³-hybridized carbons (Fsp3) is 0.909. The summed E-state index contributed by atoms with van der Waals surface area (Å²) < 4.78 is 5.82. The van der Waals surface area contributed by atoms with Crippen LogP contribution in [0.15, 0.2) is 0 Å². The zero-order valence-electron chi connectivity index (χ0n) is 17.5. The predicted octanol–water partition coefficient (Wildman–Crippen LogP) is 3.11. The van der Waals surface area contributed by atoms with Gasteiger partial charge in [-0.25, -0.2) is 4.79 Å². The first kappa shape index (κ1) is 20.8. The highest BCUT2D eigenvalue weighted by Gasteiger charge is 2.68. The van der Waals surface area contributed by atoms with E-state index in [9.17, 15) is 19.8 Å². The van der Waals surface area contributed by atoms with E-state index in [1.54, 1.807) is 0 Å². The molecule has 3 saturated carbocycles. The summed E-state index contributed by atoms with van der Waals surface area (Å²) in [6.07, 6.45) is 3.53. The number of carbonyl (C=O) groups excluding carboxylic acids is 2. The summed E-state index contributed by atoms with van der Waals surface area (Å²) in [5.41, 5.74) is -1.10. The Labute approximate surface area is 162 Å². The Hall–Kier alpha value is -0.940. The van der Waals surface area contributed by atoms with Crippen LogP contribution in [0.4, 0.5) is 0 Å². The molecule has 0 aromatic heterocycles. The van der Waals surface area contributed by atoms with Gasteiger partial charge < -0.3 is 14.9 Å². The van der Waals surface area contributed by atoms with Gasteiger partial charge >= 0.3 is 5.97 Å². The minimum Gasteiger partial charge on any atom is -0.460 e. The van der Waals surface area contributed by atoms with Gasteiger partial charge in [0.1, 0.15) is 18.5 Å². The fourth-order valence-corrected chi connectivity index (χ4v) is 6.90. The number of ether oxygens (including phenoxy) is 1. The Morgan fingerprint density at radius 1 is 1.26 bits per heavy atom. The minimum atomic E-state index is -0.660. The molecule has 3 aliphatic carbocycles. The number of aliphatic hydroxyl groups excluding tert-OH is 2. The second-order valence-corrected chi connectivity index (χ2v) is 10.0. The van der Waals surface area contributed by atoms with E-state index in [0.29, 0.717) is 12.8 Å². The van der Waals surface area contributed by atoms with E-state index in [4.69, 9.17) is 4.74 Å². The lowest BCUT2D eigenvalue weighted by Crippen LogP contribution is -2.63. The van der Waals surface area contributed by atoms with Crippen molar-refractivity contribution in [3.63, 3.8) is 0 Å². The summed E-state index contributed by atoms with van der Waals surface area (Å²) in [6.45, 7) is 9.90. The first-order valence-corrected chi connectivity index (χ1v) is 10.6. The Morgan fingerprint density at radius 3 is 2.52 bits per heavy atom. The van der Waals surface area contributed by atoms with Gasteiger partial charge in [-0.1, -0.05) is 34.6 Å². The number of esters is 1. The summed E-state index contributed by atoms with van der Waals surface area (Å²) >= 11 is 0. The summed E-state index contributed by atoms with van der Waals surface area (Å²) in [4.78, 5) is 25.2. The molecule has 3 fully saturated rings. The van der Waals surface area contributed by atoms with Gasteiger partial charge in [0.2, 0.25) is 0 Å². The number of hydrogen-bond donors (Lipinski definition) is 2. The van der Waals surface area contributed by atoms with Crippen LogP contribution in [-0.4, -0.2) is 40.8 Å². The van der Waals surface area contributed by atoms with Gasteiger partial charge in [-0.05, 0) is 54.8 Å². The molecule has 3 aliphatic rings. The molecule has 3 rings (SSSR count). The molecule has 0 heterocycles. The Kier molecular flexibility index (Phi) is 5.26. The van der Waals surface area contributed by atoms with Gasteiger partial charge in [-0.3, -0.25) is 4.79 Å². The molecule has 0 saturated heterocycles. The largest absolute Gasteiger partial charge is 0.460 e. The molecule has 5 nitrogen and oxygen atoms in total. The second kappa shape index (κ2) is 6.84. The Bertz CT molecular complexity index is 618. The van der Waals surface area contributed by atoms with Gasteiger partial charge in [-0.2, -0.15) is 0 Å². The molecular formula is C22H36O5. The maximum Gasteiger partial charge on any atom is 0.332 e. The molecule has 154 valence electrons. The maximum atomic E-state index is 13.1. The lowest BCUT2D eigenvalue weighted by molar-refractivity contribution is -0.213. The lowest BCUT2D eigenvalue weighted by atomic mass is 9.43. The molecular weight excluding hydrogens is 344 g/mol. The van der Waals surface area contributed by atoms with E-state index in [1.165, 1.54) is 0 Å². The van der Waals surface area contributed by atoms with Gasteiger partial charge in [-0.15, -0.1) is 0 Å². The molecule has 0 radical (unpaired) electrons. The maximum absolute atomic E-state index is 13.1. The van der Waals surface area contributed by atoms with Crippen LogP contribution >= 0.6 is 0 Å². The van der Waals surface area contributed by atoms with Crippen molar-refractivity contribution in [1.82, 2.24) is 0 Å². The number of rotatable bonds is 3. The van der Waals surface area contributed by atoms with E-state index < -0.39 is 35.6 Å². The molecule has 0 unspecified atom stereocenters. The first-order valence-electron chi connectivity index (χ1n) is 10.6. The van der Waals surface area contributed by atoms with Crippen molar-refractivity contribution in [3.8, 4) is 0 Å². The quantitative estimate of drug-likeness (QED) is 0.735. The van der Waals surface area contributed by atoms with Gasteiger partial charge in [0.15, 0.2) is 0 Å². The van der Waals surface area contributed by atoms with Crippen molar-refractivity contribution in [2.75, 3.05) is 6.61 Å². The van der Waals surface area contributed by atoms with E-state index in [1.807, 2.05) is 0 Å². The highest BCUT2D eigenvalue weighted by molar-refractivity contribution is 5.85. The molecule has 0 aliphatic heterocycles. The lowest BCUT2D eigenvalue weighted by Gasteiger charge is -2.62. The van der Waals surface area contributed by atoms with Crippen LogP contribution in [0.3, 0.4) is 0 Å². The fourth-order valence-electron chi connectivity index (χ4n) is 6.90. The van der Waals surface area contributed by atoms with E-state index in [0.717, 1.165) is 25.7 Å². The average Bonchev–Trinajstić information content (AvgIpc) is 3.00. The van der Waals surface area contributed by atoms with Crippen molar-refractivity contribution < 1.29 is 24.5 Å². The Morgan fingerprint density at radius 2 is 1.93 bits per heavy atom. The number of aliphatic hydroxyl groups is 2. The van der Waals surface area contributed by atoms with Crippen molar-refractivity contribution in [2.45, 2.75) is 85.4 Å². The molecule has 0 spiro atoms. The monoisotopic (exact) mass is 380 g/mol. The van der Waals surface area contributed by atoms with Crippen molar-refractivity contribution in [2.24, 2.45) is 34.0 Å². The molecule has 8 atom stereocenters. The van der Waals surface area contributed by atoms with Gasteiger partial charge in [0, 0.05) is 17.8 Å². The molecule has 2 bridgehead atoms. The van der Waals surface area contributed by atoms with Crippen LogP contribution in [0, 0.1) is 34.0 Å². The van der Waals surface area contributed by atoms with Gasteiger partial charge in [0.05, 0.1) is 6.10 Å². The number of ketones is 1. The molecule has 27 heavy (non-hydrogen) atoms. The van der Waals surface area contributed by atoms with Crippen molar-refractivity contribution in [3.05, 3.63) is 0 Å². The van der Waals surface area contributed by atoms with E-state index in [-0.39, 0.29) is 29.0 Å². The topological polar surface area (TPSA) is 83.8 Å².